The highest BCUT2D eigenvalue weighted by Gasteiger charge is 2.19. The number of hydrogen-bond acceptors (Lipinski definition) is 3. The summed E-state index contributed by atoms with van der Waals surface area (Å²) in [6.45, 7) is 8.51. The summed E-state index contributed by atoms with van der Waals surface area (Å²) < 4.78 is 0. The van der Waals surface area contributed by atoms with E-state index < -0.39 is 5.41 Å². The van der Waals surface area contributed by atoms with Gasteiger partial charge in [-0.15, -0.1) is 0 Å². The van der Waals surface area contributed by atoms with Gasteiger partial charge in [0.25, 0.3) is 0 Å². The fraction of sp³-hybridized carbons (Fsp3) is 0.500. The Labute approximate surface area is 121 Å². The number of rotatable bonds is 6. The molecule has 0 atom stereocenters. The molecule has 0 heterocycles. The van der Waals surface area contributed by atoms with Gasteiger partial charge in [0.2, 0.25) is 5.91 Å². The smallest absolute Gasteiger partial charge is 0.225 e. The van der Waals surface area contributed by atoms with Gasteiger partial charge in [-0.05, 0) is 31.5 Å². The second-order valence-electron chi connectivity index (χ2n) is 5.72. The zero-order valence-electron chi connectivity index (χ0n) is 12.7. The van der Waals surface area contributed by atoms with Gasteiger partial charge in [0.15, 0.2) is 0 Å². The van der Waals surface area contributed by atoms with Gasteiger partial charge >= 0.3 is 0 Å². The van der Waals surface area contributed by atoms with Crippen molar-refractivity contribution in [2.75, 3.05) is 11.9 Å². The molecule has 4 heteroatoms. The minimum Gasteiger partial charge on any atom is -0.326 e. The summed E-state index contributed by atoms with van der Waals surface area (Å²) >= 11 is 0. The molecule has 0 unspecified atom stereocenters. The fourth-order valence-electron chi connectivity index (χ4n) is 1.73. The minimum atomic E-state index is -0.510. The lowest BCUT2D eigenvalue weighted by Crippen LogP contribution is -2.27. The largest absolute Gasteiger partial charge is 0.326 e. The summed E-state index contributed by atoms with van der Waals surface area (Å²) in [5.74, 6) is -0.00885. The first-order valence-corrected chi connectivity index (χ1v) is 6.90. The molecule has 0 aliphatic heterocycles. The molecular weight excluding hydrogens is 250 g/mol. The van der Waals surface area contributed by atoms with Crippen molar-refractivity contribution in [3.63, 3.8) is 0 Å². The average Bonchev–Trinajstić information content (AvgIpc) is 2.39. The van der Waals surface area contributed by atoms with Crippen LogP contribution in [0.15, 0.2) is 24.3 Å². The summed E-state index contributed by atoms with van der Waals surface area (Å²) in [4.78, 5) is 11.7. The SMILES string of the molecule is CC(C)NCCC(=O)Nc1ccc(C(C)(C)C#N)cc1. The minimum absolute atomic E-state index is 0.00885. The number of anilines is 1. The van der Waals surface area contributed by atoms with E-state index in [1.807, 2.05) is 52.0 Å². The number of nitrogens with zero attached hydrogens (tertiary/aromatic N) is 1. The van der Waals surface area contributed by atoms with Crippen molar-refractivity contribution in [3.8, 4) is 6.07 Å². The predicted molar refractivity (Wildman–Crippen MR) is 81.5 cm³/mol. The maximum atomic E-state index is 11.7. The molecule has 0 radical (unpaired) electrons. The molecule has 20 heavy (non-hydrogen) atoms. The van der Waals surface area contributed by atoms with E-state index in [0.29, 0.717) is 19.0 Å². The standard InChI is InChI=1S/C16H23N3O/c1-12(2)18-10-9-15(20)19-14-7-5-13(6-8-14)16(3,4)11-17/h5-8,12,18H,9-10H2,1-4H3,(H,19,20). The van der Waals surface area contributed by atoms with E-state index in [-0.39, 0.29) is 5.91 Å². The molecule has 2 N–H and O–H groups in total. The third kappa shape index (κ3) is 5.02. The fourth-order valence-corrected chi connectivity index (χ4v) is 1.73. The second-order valence-corrected chi connectivity index (χ2v) is 5.72. The molecule has 0 bridgehead atoms. The van der Waals surface area contributed by atoms with Crippen LogP contribution in [-0.4, -0.2) is 18.5 Å². The van der Waals surface area contributed by atoms with Gasteiger partial charge in [0.1, 0.15) is 0 Å². The maximum absolute atomic E-state index is 11.7. The zero-order valence-corrected chi connectivity index (χ0v) is 12.7. The molecule has 4 nitrogen and oxygen atoms in total. The van der Waals surface area contributed by atoms with Gasteiger partial charge in [-0.3, -0.25) is 4.79 Å². The number of hydrogen-bond donors (Lipinski definition) is 2. The van der Waals surface area contributed by atoms with Crippen LogP contribution in [0.4, 0.5) is 5.69 Å². The highest BCUT2D eigenvalue weighted by molar-refractivity contribution is 5.90. The summed E-state index contributed by atoms with van der Waals surface area (Å²) in [7, 11) is 0. The normalized spacial score (nSPS) is 11.2. The molecular formula is C16H23N3O. The van der Waals surface area contributed by atoms with E-state index >= 15 is 0 Å². The van der Waals surface area contributed by atoms with E-state index in [1.54, 1.807) is 0 Å². The second kappa shape index (κ2) is 7.06. The monoisotopic (exact) mass is 273 g/mol. The Balaban J connectivity index is 2.54. The Bertz CT molecular complexity index is 483. The van der Waals surface area contributed by atoms with Crippen molar-refractivity contribution in [3.05, 3.63) is 29.8 Å². The molecule has 1 aromatic rings. The molecule has 0 aliphatic rings. The summed E-state index contributed by atoms with van der Waals surface area (Å²) in [6, 6.07) is 10.1. The Hall–Kier alpha value is -1.86. The van der Waals surface area contributed by atoms with Crippen molar-refractivity contribution >= 4 is 11.6 Å². The van der Waals surface area contributed by atoms with Gasteiger partial charge in [-0.2, -0.15) is 5.26 Å². The van der Waals surface area contributed by atoms with E-state index in [1.165, 1.54) is 0 Å². The zero-order chi connectivity index (χ0) is 15.2. The number of nitrogens with one attached hydrogen (secondary N) is 2. The van der Waals surface area contributed by atoms with Crippen LogP contribution in [0.25, 0.3) is 0 Å². The molecule has 0 aromatic heterocycles. The van der Waals surface area contributed by atoms with Gasteiger partial charge < -0.3 is 10.6 Å². The first-order valence-electron chi connectivity index (χ1n) is 6.90. The number of nitriles is 1. The van der Waals surface area contributed by atoms with Crippen molar-refractivity contribution in [1.29, 1.82) is 5.26 Å². The topological polar surface area (TPSA) is 64.9 Å². The maximum Gasteiger partial charge on any atom is 0.225 e. The quantitative estimate of drug-likeness (QED) is 0.837. The molecule has 1 rings (SSSR count). The van der Waals surface area contributed by atoms with Crippen LogP contribution in [-0.2, 0) is 10.2 Å². The molecule has 108 valence electrons. The molecule has 0 fully saturated rings. The van der Waals surface area contributed by atoms with Crippen LogP contribution in [0.2, 0.25) is 0 Å². The number of carbonyl (C=O) groups is 1. The van der Waals surface area contributed by atoms with E-state index in [9.17, 15) is 4.79 Å². The van der Waals surface area contributed by atoms with Crippen molar-refractivity contribution in [2.45, 2.75) is 45.6 Å². The lowest BCUT2D eigenvalue weighted by atomic mass is 9.86. The van der Waals surface area contributed by atoms with E-state index in [4.69, 9.17) is 5.26 Å². The summed E-state index contributed by atoms with van der Waals surface area (Å²) in [5.41, 5.74) is 1.19. The molecule has 1 aromatic carbocycles. The molecule has 0 saturated carbocycles. The van der Waals surface area contributed by atoms with Crippen LogP contribution >= 0.6 is 0 Å². The van der Waals surface area contributed by atoms with Gasteiger partial charge in [-0.25, -0.2) is 0 Å². The Morgan fingerprint density at radius 1 is 1.30 bits per heavy atom. The summed E-state index contributed by atoms with van der Waals surface area (Å²) in [5, 5.41) is 15.1. The van der Waals surface area contributed by atoms with E-state index in [0.717, 1.165) is 11.3 Å². The van der Waals surface area contributed by atoms with Crippen LogP contribution in [0.3, 0.4) is 0 Å². The molecule has 1 amide bonds. The van der Waals surface area contributed by atoms with Crippen molar-refractivity contribution in [2.24, 2.45) is 0 Å². The van der Waals surface area contributed by atoms with Crippen molar-refractivity contribution in [1.82, 2.24) is 5.32 Å². The number of amides is 1. The number of benzene rings is 1. The van der Waals surface area contributed by atoms with Crippen LogP contribution in [0.5, 0.6) is 0 Å². The van der Waals surface area contributed by atoms with E-state index in [2.05, 4.69) is 16.7 Å². The Kier molecular flexibility index (Phi) is 5.72. The lowest BCUT2D eigenvalue weighted by molar-refractivity contribution is -0.116. The van der Waals surface area contributed by atoms with Gasteiger partial charge in [0, 0.05) is 24.7 Å². The molecule has 0 saturated heterocycles. The predicted octanol–water partition coefficient (Wildman–Crippen LogP) is 2.81. The third-order valence-corrected chi connectivity index (χ3v) is 3.07. The first-order chi connectivity index (χ1) is 9.35. The Morgan fingerprint density at radius 3 is 2.40 bits per heavy atom. The van der Waals surface area contributed by atoms with Crippen LogP contribution in [0.1, 0.15) is 39.7 Å². The molecule has 0 spiro atoms. The van der Waals surface area contributed by atoms with Crippen molar-refractivity contribution < 1.29 is 4.79 Å². The van der Waals surface area contributed by atoms with Crippen LogP contribution in [0, 0.1) is 11.3 Å². The summed E-state index contributed by atoms with van der Waals surface area (Å²) in [6.07, 6.45) is 0.448. The lowest BCUT2D eigenvalue weighted by Gasteiger charge is -2.16. The van der Waals surface area contributed by atoms with Crippen LogP contribution < -0.4 is 10.6 Å². The average molecular weight is 273 g/mol. The first kappa shape index (κ1) is 16.2. The highest BCUT2D eigenvalue weighted by Crippen LogP contribution is 2.23. The highest BCUT2D eigenvalue weighted by atomic mass is 16.1. The third-order valence-electron chi connectivity index (χ3n) is 3.07. The van der Waals surface area contributed by atoms with Gasteiger partial charge in [-0.1, -0.05) is 26.0 Å². The number of carbonyl (C=O) groups excluding carboxylic acids is 1. The Morgan fingerprint density at radius 2 is 1.90 bits per heavy atom. The van der Waals surface area contributed by atoms with Gasteiger partial charge in [0.05, 0.1) is 11.5 Å². The molecule has 0 aliphatic carbocycles.